The fourth-order valence-corrected chi connectivity index (χ4v) is 17.0. The van der Waals surface area contributed by atoms with Gasteiger partial charge in [0.15, 0.2) is 31.5 Å². The van der Waals surface area contributed by atoms with E-state index in [1.54, 1.807) is 0 Å². The quantitative estimate of drug-likeness (QED) is 0.0506. The highest BCUT2D eigenvalue weighted by Gasteiger charge is 2.70. The Bertz CT molecular complexity index is 2340. The highest BCUT2D eigenvalue weighted by atomic mass is 16.8. The first-order valence-corrected chi connectivity index (χ1v) is 31.6. The minimum atomic E-state index is -1.96. The van der Waals surface area contributed by atoms with Gasteiger partial charge in [-0.1, -0.05) is 53.2 Å². The largest absolute Gasteiger partial charge is 0.394 e. The third-order valence-corrected chi connectivity index (χ3v) is 22.9. The van der Waals surface area contributed by atoms with Gasteiger partial charge in [-0.25, -0.2) is 0 Å². The van der Waals surface area contributed by atoms with Crippen molar-refractivity contribution in [2.75, 3.05) is 33.0 Å². The van der Waals surface area contributed by atoms with E-state index in [9.17, 15) is 97.0 Å². The van der Waals surface area contributed by atoms with Gasteiger partial charge in [-0.2, -0.15) is 0 Å². The van der Waals surface area contributed by atoms with E-state index in [0.29, 0.717) is 32.1 Å². The van der Waals surface area contributed by atoms with Crippen molar-refractivity contribution in [2.45, 2.75) is 284 Å². The molecule has 32 unspecified atom stereocenters. The van der Waals surface area contributed by atoms with Crippen molar-refractivity contribution in [3.63, 3.8) is 0 Å². The second kappa shape index (κ2) is 27.6. The Morgan fingerprint density at radius 2 is 0.955 bits per heavy atom. The molecule has 516 valence electrons. The zero-order valence-corrected chi connectivity index (χ0v) is 51.8. The predicted molar refractivity (Wildman–Crippen MR) is 300 cm³/mol. The highest BCUT2D eigenvalue weighted by molar-refractivity contribution is 5.32. The molecule has 0 spiro atoms. The Balaban J connectivity index is 0.883. The second-order valence-electron chi connectivity index (χ2n) is 28.7. The fraction of sp³-hybridized carbons (Fsp3) is 0.967. The van der Waals surface area contributed by atoms with Crippen LogP contribution in [0.15, 0.2) is 11.6 Å². The van der Waals surface area contributed by atoms with Gasteiger partial charge in [0.25, 0.3) is 0 Å². The third kappa shape index (κ3) is 13.1. The van der Waals surface area contributed by atoms with Crippen LogP contribution in [-0.4, -0.2) is 308 Å². The number of hydrogen-bond acceptors (Lipinski definition) is 29. The summed E-state index contributed by atoms with van der Waals surface area (Å²) in [5, 5.41) is 205. The number of aliphatic hydroxyl groups is 19. The molecule has 5 aliphatic heterocycles. The average Bonchev–Trinajstić information content (AvgIpc) is 1.66. The van der Waals surface area contributed by atoms with Gasteiger partial charge in [-0.3, -0.25) is 0 Å². The summed E-state index contributed by atoms with van der Waals surface area (Å²) in [7, 11) is 0. The second-order valence-corrected chi connectivity index (χ2v) is 28.7. The topological polar surface area (TPSA) is 477 Å². The Labute approximate surface area is 517 Å². The number of ether oxygens (including phenoxy) is 10. The van der Waals surface area contributed by atoms with Crippen LogP contribution in [0.5, 0.6) is 0 Å². The molecule has 0 amide bonds. The summed E-state index contributed by atoms with van der Waals surface area (Å²) in [6, 6.07) is 0. The van der Waals surface area contributed by atoms with Gasteiger partial charge in [-0.15, -0.1) is 0 Å². The molecule has 0 radical (unpaired) electrons. The number of aliphatic hydroxyl groups excluding tert-OH is 18. The Hall–Kier alpha value is -1.42. The summed E-state index contributed by atoms with van der Waals surface area (Å²) in [5.41, 5.74) is -2.49. The van der Waals surface area contributed by atoms with Crippen molar-refractivity contribution < 1.29 is 144 Å². The van der Waals surface area contributed by atoms with Crippen LogP contribution in [0, 0.1) is 45.3 Å². The van der Waals surface area contributed by atoms with E-state index in [1.165, 1.54) is 13.8 Å². The molecule has 5 heterocycles. The molecule has 35 atom stereocenters. The monoisotopic (exact) mass is 1290 g/mol. The SMILES string of the molecule is CC(CCC(OC1OC(COC2OC(CO)C(O)C(O)C2O)C(O)C(O)C1OC1OC(CO)C(O)C(O)C1O)C(C)(C)O)C1CC[C@@]2(C)C3CC=C4C(CCC(OC5OC(COC6OC(CO)C(O)C(O)C6O)C(O)C(O)C5O)C4(C)C)[C@]3(C)C(O)C[C@]12C. The van der Waals surface area contributed by atoms with Crippen LogP contribution < -0.4 is 0 Å². The van der Waals surface area contributed by atoms with Crippen LogP contribution in [0.3, 0.4) is 0 Å². The van der Waals surface area contributed by atoms with Crippen LogP contribution in [0.25, 0.3) is 0 Å². The maximum Gasteiger partial charge on any atom is 0.187 e. The Morgan fingerprint density at radius 3 is 1.45 bits per heavy atom. The van der Waals surface area contributed by atoms with Gasteiger partial charge >= 0.3 is 0 Å². The number of hydrogen-bond donors (Lipinski definition) is 19. The van der Waals surface area contributed by atoms with Crippen molar-refractivity contribution in [2.24, 2.45) is 45.3 Å². The van der Waals surface area contributed by atoms with E-state index in [-0.39, 0.29) is 35.5 Å². The van der Waals surface area contributed by atoms with E-state index in [0.717, 1.165) is 18.4 Å². The van der Waals surface area contributed by atoms with Gasteiger partial charge in [0.2, 0.25) is 0 Å². The van der Waals surface area contributed by atoms with E-state index >= 15 is 0 Å². The first-order chi connectivity index (χ1) is 41.6. The molecular formula is C60H102O29. The smallest absolute Gasteiger partial charge is 0.187 e. The first kappa shape index (κ1) is 71.9. The number of rotatable bonds is 20. The average molecular weight is 1290 g/mol. The van der Waals surface area contributed by atoms with E-state index in [1.807, 2.05) is 13.8 Å². The molecule has 19 N–H and O–H groups in total. The van der Waals surface area contributed by atoms with Gasteiger partial charge in [0, 0.05) is 10.8 Å². The molecule has 9 rings (SSSR count). The van der Waals surface area contributed by atoms with Gasteiger partial charge in [0.1, 0.15) is 122 Å². The van der Waals surface area contributed by atoms with E-state index in [2.05, 4.69) is 33.8 Å². The lowest BCUT2D eigenvalue weighted by Crippen LogP contribution is -2.65. The Kier molecular flexibility index (Phi) is 22.3. The molecule has 0 aromatic heterocycles. The molecule has 8 fully saturated rings. The van der Waals surface area contributed by atoms with E-state index < -0.39 is 227 Å². The molecule has 29 heteroatoms. The normalized spacial score (nSPS) is 51.8. The zero-order chi connectivity index (χ0) is 65.5. The summed E-state index contributed by atoms with van der Waals surface area (Å²) < 4.78 is 59.3. The van der Waals surface area contributed by atoms with Crippen LogP contribution >= 0.6 is 0 Å². The lowest BCUT2D eigenvalue weighted by molar-refractivity contribution is -0.380. The lowest BCUT2D eigenvalue weighted by Gasteiger charge is -2.67. The zero-order valence-electron chi connectivity index (χ0n) is 51.8. The summed E-state index contributed by atoms with van der Waals surface area (Å²) in [6.45, 7) is 12.6. The third-order valence-electron chi connectivity index (χ3n) is 22.9. The van der Waals surface area contributed by atoms with Crippen LogP contribution in [0.2, 0.25) is 0 Å². The van der Waals surface area contributed by atoms with Crippen LogP contribution in [-0.2, 0) is 47.4 Å². The summed E-state index contributed by atoms with van der Waals surface area (Å²) >= 11 is 0. The molecule has 5 saturated heterocycles. The highest BCUT2D eigenvalue weighted by Crippen LogP contribution is 2.75. The maximum atomic E-state index is 12.8. The first-order valence-electron chi connectivity index (χ1n) is 31.6. The molecule has 4 aliphatic carbocycles. The molecule has 3 saturated carbocycles. The standard InChI is InChI=1S/C60H102O29/c1-23(9-13-35(57(4,5)79)88-55-50(89-54-49(78)43(72)38(67)29(20-63)84-54)45(74)40(69)31(86-55)22-81-52-47(76)42(71)37(66)28(19-62)83-52)24-15-16-58(6)32-12-10-25-26(60(32,8)33(64)17-59(24,58)7)11-14-34(56(25,2)3)87-53-48(77)44(73)39(68)30(85-53)21-80-51-46(75)41(70)36(65)27(18-61)82-51/h10,23-24,26-55,61-79H,9,11-22H2,1-8H3/t23?,24?,26?,27?,28?,29?,30?,31?,32?,33?,34?,35?,36?,37?,38?,39?,40?,41?,42?,43?,44?,45?,46?,47?,48?,49?,50?,51?,52?,53?,54?,55?,58-,59+,60-/m0/s1. The molecule has 9 aliphatic rings. The van der Waals surface area contributed by atoms with Gasteiger partial charge in [-0.05, 0) is 99.7 Å². The van der Waals surface area contributed by atoms with Crippen LogP contribution in [0.4, 0.5) is 0 Å². The molecule has 0 aromatic rings. The number of allylic oxidation sites excluding steroid dienone is 1. The van der Waals surface area contributed by atoms with Crippen LogP contribution in [0.1, 0.15) is 107 Å². The minimum absolute atomic E-state index is 0.0310. The van der Waals surface area contributed by atoms with Crippen molar-refractivity contribution in [1.82, 2.24) is 0 Å². The predicted octanol–water partition coefficient (Wildman–Crippen LogP) is -5.41. The van der Waals surface area contributed by atoms with Crippen molar-refractivity contribution >= 4 is 0 Å². The number of fused-ring (bicyclic) bond motifs is 5. The summed E-state index contributed by atoms with van der Waals surface area (Å²) in [4.78, 5) is 0. The molecule has 29 nitrogen and oxygen atoms in total. The van der Waals surface area contributed by atoms with Gasteiger partial charge < -0.3 is 144 Å². The molecule has 0 bridgehead atoms. The Morgan fingerprint density at radius 1 is 0.517 bits per heavy atom. The van der Waals surface area contributed by atoms with E-state index in [4.69, 9.17) is 47.4 Å². The van der Waals surface area contributed by atoms with Gasteiger partial charge in [0.05, 0.1) is 56.9 Å². The maximum absolute atomic E-state index is 12.8. The minimum Gasteiger partial charge on any atom is -0.394 e. The summed E-state index contributed by atoms with van der Waals surface area (Å²) in [6.07, 6.45) is -37.4. The van der Waals surface area contributed by atoms with Crippen molar-refractivity contribution in [3.05, 3.63) is 11.6 Å². The molecular weight excluding hydrogens is 1180 g/mol. The fourth-order valence-electron chi connectivity index (χ4n) is 17.0. The van der Waals surface area contributed by atoms with Crippen molar-refractivity contribution in [3.8, 4) is 0 Å². The summed E-state index contributed by atoms with van der Waals surface area (Å²) in [5.74, 6) is -0.0172. The lowest BCUT2D eigenvalue weighted by atomic mass is 9.38. The van der Waals surface area contributed by atoms with Crippen molar-refractivity contribution in [1.29, 1.82) is 0 Å². The molecule has 0 aromatic carbocycles. The molecule has 89 heavy (non-hydrogen) atoms.